The van der Waals surface area contributed by atoms with Gasteiger partial charge in [-0.15, -0.1) is 0 Å². The maximum Gasteiger partial charge on any atom is 0.254 e. The fraction of sp³-hybridized carbons (Fsp3) is 0.0667. The average molecular weight is 699 g/mol. The molecule has 5 nitrogen and oxygen atoms in total. The van der Waals surface area contributed by atoms with Crippen LogP contribution >= 0.6 is 78.1 Å². The molecule has 4 rings (SSSR count). The van der Waals surface area contributed by atoms with Crippen LogP contribution in [0.2, 0.25) is 30.1 Å². The normalized spacial score (nSPS) is 11.0. The highest BCUT2D eigenvalue weighted by molar-refractivity contribution is 7.47. The van der Waals surface area contributed by atoms with Gasteiger partial charge in [-0.05, 0) is 61.4 Å². The Morgan fingerprint density at radius 2 is 0.690 bits per heavy atom. The fourth-order valence-corrected chi connectivity index (χ4v) is 6.76. The highest BCUT2D eigenvalue weighted by Crippen LogP contribution is 2.39. The molecular weight excluding hydrogens is 684 g/mol. The van der Waals surface area contributed by atoms with Crippen LogP contribution in [0, 0.1) is 13.8 Å². The van der Waals surface area contributed by atoms with Crippen LogP contribution in [0.3, 0.4) is 0 Å². The van der Waals surface area contributed by atoms with Gasteiger partial charge in [-0.3, -0.25) is 23.7 Å². The van der Waals surface area contributed by atoms with E-state index in [0.29, 0.717) is 0 Å². The van der Waals surface area contributed by atoms with Gasteiger partial charge < -0.3 is 0 Å². The minimum absolute atomic E-state index is 0.0287. The second-order valence-corrected chi connectivity index (χ2v) is 12.0. The van der Waals surface area contributed by atoms with Crippen LogP contribution in [-0.2, 0) is 4.57 Å². The van der Waals surface area contributed by atoms with Crippen molar-refractivity contribution in [3.63, 3.8) is 0 Å². The number of hydrogen-bond donors (Lipinski definition) is 0. The maximum atomic E-state index is 14.3. The number of hydrogen-bond acceptors (Lipinski definition) is 5. The minimum Gasteiger partial charge on any atom is -0.288 e. The third kappa shape index (κ3) is 5.68. The van der Waals surface area contributed by atoms with Crippen molar-refractivity contribution in [3.05, 3.63) is 135 Å². The number of halogens is 6. The Morgan fingerprint density at radius 3 is 0.952 bits per heavy atom. The van der Waals surface area contributed by atoms with Gasteiger partial charge in [0.05, 0.1) is 46.8 Å². The highest BCUT2D eigenvalue weighted by Gasteiger charge is 2.36. The van der Waals surface area contributed by atoms with E-state index in [1.54, 1.807) is 0 Å². The van der Waals surface area contributed by atoms with E-state index in [9.17, 15) is 23.7 Å². The zero-order chi connectivity index (χ0) is 31.0. The van der Waals surface area contributed by atoms with Gasteiger partial charge in [-0.2, -0.15) is 0 Å². The van der Waals surface area contributed by atoms with Gasteiger partial charge in [0.15, 0.2) is 17.3 Å². The Balaban J connectivity index is 2.23. The van der Waals surface area contributed by atoms with Crippen LogP contribution in [0.1, 0.15) is 69.2 Å². The number of ketones is 3. The summed E-state index contributed by atoms with van der Waals surface area (Å²) in [5.41, 5.74) is -3.06. The number of rotatable bonds is 8. The monoisotopic (exact) mass is 696 g/mol. The Morgan fingerprint density at radius 1 is 0.452 bits per heavy atom. The van der Waals surface area contributed by atoms with Crippen molar-refractivity contribution in [3.8, 4) is 0 Å². The Hall–Kier alpha value is -2.60. The maximum absolute atomic E-state index is 14.3. The van der Waals surface area contributed by atoms with Crippen molar-refractivity contribution in [1.82, 2.24) is 0 Å². The zero-order valence-electron chi connectivity index (χ0n) is 21.5. The van der Waals surface area contributed by atoms with E-state index in [-0.39, 0.29) is 80.2 Å². The van der Waals surface area contributed by atoms with E-state index in [2.05, 4.69) is 0 Å². The van der Waals surface area contributed by atoms with E-state index in [1.807, 2.05) is 0 Å². The first-order valence-electron chi connectivity index (χ1n) is 11.8. The molecule has 0 aromatic heterocycles. The molecule has 0 aliphatic heterocycles. The van der Waals surface area contributed by atoms with E-state index in [4.69, 9.17) is 69.6 Å². The molecular formula is C30H15Cl6O5P. The smallest absolute Gasteiger partial charge is 0.254 e. The highest BCUT2D eigenvalue weighted by atomic mass is 35.5. The van der Waals surface area contributed by atoms with Crippen molar-refractivity contribution in [1.29, 1.82) is 0 Å². The molecule has 4 aromatic carbocycles. The van der Waals surface area contributed by atoms with Gasteiger partial charge in [0.2, 0.25) is 8.46 Å². The van der Waals surface area contributed by atoms with E-state index >= 15 is 0 Å². The average Bonchev–Trinajstić information content (AvgIpc) is 2.92. The topological polar surface area (TPSA) is 85.3 Å². The molecule has 0 saturated carbocycles. The molecule has 4 aromatic rings. The van der Waals surface area contributed by atoms with Crippen LogP contribution < -0.4 is 0 Å². The predicted molar refractivity (Wildman–Crippen MR) is 168 cm³/mol. The molecule has 0 radical (unpaired) electrons. The first kappa shape index (κ1) is 32.3. The van der Waals surface area contributed by atoms with Crippen LogP contribution in [0.5, 0.6) is 0 Å². The molecule has 0 N–H and O–H groups in total. The van der Waals surface area contributed by atoms with Gasteiger partial charge in [-0.1, -0.05) is 87.8 Å². The molecule has 0 atom stereocenters. The van der Waals surface area contributed by atoms with Gasteiger partial charge >= 0.3 is 0 Å². The standard InChI is InChI=1S/C30H15Cl6O5P/c1-12-20(27(37)24-14(31)6-3-7-15(24)32)21(28(38)25-16(33)8-4-9-17(25)34)13(2)23(30(40)42-41)22(12)29(39)26-18(35)10-5-11-19(26)36/h3-11H,1-2H3. The van der Waals surface area contributed by atoms with Crippen molar-refractivity contribution in [2.75, 3.05) is 0 Å². The van der Waals surface area contributed by atoms with Gasteiger partial charge in [0.1, 0.15) is 0 Å². The van der Waals surface area contributed by atoms with Crippen molar-refractivity contribution in [2.45, 2.75) is 13.8 Å². The van der Waals surface area contributed by atoms with E-state index in [0.717, 1.165) is 0 Å². The zero-order valence-corrected chi connectivity index (χ0v) is 26.9. The van der Waals surface area contributed by atoms with E-state index < -0.39 is 31.3 Å². The first-order chi connectivity index (χ1) is 19.8. The second kappa shape index (κ2) is 13.0. The van der Waals surface area contributed by atoms with Crippen LogP contribution in [0.25, 0.3) is 0 Å². The van der Waals surface area contributed by atoms with Crippen LogP contribution in [0.15, 0.2) is 54.6 Å². The molecule has 0 amide bonds. The lowest BCUT2D eigenvalue weighted by atomic mass is 9.80. The third-order valence-corrected chi connectivity index (χ3v) is 8.83. The second-order valence-electron chi connectivity index (χ2n) is 8.92. The number of carbonyl (C=O) groups is 4. The van der Waals surface area contributed by atoms with Crippen LogP contribution in [0.4, 0.5) is 0 Å². The summed E-state index contributed by atoms with van der Waals surface area (Å²) in [5.74, 6) is -2.49. The summed E-state index contributed by atoms with van der Waals surface area (Å²) in [6, 6.07) is 13.1. The Bertz CT molecular complexity index is 1810. The summed E-state index contributed by atoms with van der Waals surface area (Å²) in [5, 5.41) is -0.189. The SMILES string of the molecule is Cc1c(C(=O)P=O)c(C(=O)c2c(Cl)cccc2Cl)c(C)c(C(=O)c2c(Cl)cccc2Cl)c1C(=O)c1c(Cl)cccc1Cl. The lowest BCUT2D eigenvalue weighted by Gasteiger charge is -2.22. The lowest BCUT2D eigenvalue weighted by molar-refractivity contribution is 0.0997. The summed E-state index contributed by atoms with van der Waals surface area (Å²) in [7, 11) is -0.983. The largest absolute Gasteiger partial charge is 0.288 e. The summed E-state index contributed by atoms with van der Waals surface area (Å²) in [6.45, 7) is 2.70. The number of benzene rings is 4. The molecule has 0 spiro atoms. The predicted octanol–water partition coefficient (Wildman–Crippen LogP) is 10.3. The molecule has 42 heavy (non-hydrogen) atoms. The minimum atomic E-state index is -1.03. The van der Waals surface area contributed by atoms with Gasteiger partial charge in [-0.25, -0.2) is 0 Å². The Labute approximate surface area is 271 Å². The molecule has 0 aliphatic rings. The van der Waals surface area contributed by atoms with E-state index in [1.165, 1.54) is 68.4 Å². The molecule has 0 aliphatic carbocycles. The van der Waals surface area contributed by atoms with Crippen molar-refractivity contribution >= 4 is 101 Å². The molecule has 12 heteroatoms. The molecule has 0 heterocycles. The fourth-order valence-electron chi connectivity index (χ4n) is 4.68. The summed E-state index contributed by atoms with van der Waals surface area (Å²) in [6.07, 6.45) is 0. The summed E-state index contributed by atoms with van der Waals surface area (Å²) < 4.78 is 12.0. The third-order valence-electron chi connectivity index (χ3n) is 6.55. The molecule has 0 unspecified atom stereocenters. The summed E-state index contributed by atoms with van der Waals surface area (Å²) >= 11 is 38.1. The van der Waals surface area contributed by atoms with Crippen molar-refractivity contribution in [2.24, 2.45) is 0 Å². The quantitative estimate of drug-likeness (QED) is 0.135. The summed E-state index contributed by atoms with van der Waals surface area (Å²) in [4.78, 5) is 55.8. The lowest BCUT2D eigenvalue weighted by Crippen LogP contribution is -2.23. The first-order valence-corrected chi connectivity index (χ1v) is 14.9. The number of carbonyl (C=O) groups excluding carboxylic acids is 4. The van der Waals surface area contributed by atoms with Gasteiger partial charge in [0.25, 0.3) is 5.52 Å². The molecule has 212 valence electrons. The van der Waals surface area contributed by atoms with Crippen LogP contribution in [-0.4, -0.2) is 22.9 Å². The van der Waals surface area contributed by atoms with Crippen molar-refractivity contribution < 1.29 is 23.7 Å². The Kier molecular flexibility index (Phi) is 9.97. The molecule has 0 saturated heterocycles. The molecule has 0 fully saturated rings. The van der Waals surface area contributed by atoms with Gasteiger partial charge in [0, 0.05) is 22.3 Å². The molecule has 0 bridgehead atoms.